The Hall–Kier alpha value is -3.49. The number of nitrogens with zero attached hydrogens (tertiary/aromatic N) is 4. The fourth-order valence-corrected chi connectivity index (χ4v) is 2.66. The summed E-state index contributed by atoms with van der Waals surface area (Å²) in [7, 11) is 1.53. The highest BCUT2D eigenvalue weighted by molar-refractivity contribution is 6.00. The van der Waals surface area contributed by atoms with E-state index >= 15 is 0 Å². The summed E-state index contributed by atoms with van der Waals surface area (Å²) in [6, 6.07) is 6.87. The zero-order chi connectivity index (χ0) is 20.5. The molecular weight excluding hydrogens is 362 g/mol. The molecule has 0 fully saturated rings. The average molecular weight is 383 g/mol. The monoisotopic (exact) mass is 383 g/mol. The number of carboxylic acid groups (broad SMARTS) is 1. The molecule has 0 radical (unpaired) electrons. The molecule has 28 heavy (non-hydrogen) atoms. The Morgan fingerprint density at radius 2 is 1.96 bits per heavy atom. The third kappa shape index (κ3) is 3.78. The van der Waals surface area contributed by atoms with Crippen molar-refractivity contribution in [1.82, 2.24) is 25.2 Å². The van der Waals surface area contributed by atoms with Crippen molar-refractivity contribution in [2.75, 3.05) is 0 Å². The molecule has 1 amide bonds. The number of aromatic nitrogens is 4. The number of benzene rings is 1. The second-order valence-corrected chi connectivity index (χ2v) is 7.35. The lowest BCUT2D eigenvalue weighted by atomic mass is 9.96. The lowest BCUT2D eigenvalue weighted by Gasteiger charge is -2.11. The maximum absolute atomic E-state index is 12.7. The minimum absolute atomic E-state index is 0.0275. The maximum atomic E-state index is 12.7. The van der Waals surface area contributed by atoms with Gasteiger partial charge in [-0.25, -0.2) is 4.79 Å². The van der Waals surface area contributed by atoms with Gasteiger partial charge in [0.1, 0.15) is 0 Å². The molecule has 0 saturated heterocycles. The molecule has 1 aromatic carbocycles. The van der Waals surface area contributed by atoms with Crippen molar-refractivity contribution in [3.63, 3.8) is 0 Å². The van der Waals surface area contributed by atoms with Gasteiger partial charge in [-0.3, -0.25) is 9.48 Å². The van der Waals surface area contributed by atoms with Crippen LogP contribution in [-0.4, -0.2) is 36.9 Å². The molecule has 2 heterocycles. The minimum Gasteiger partial charge on any atom is -0.477 e. The molecule has 0 unspecified atom stereocenters. The molecule has 9 nitrogen and oxygen atoms in total. The number of amides is 1. The lowest BCUT2D eigenvalue weighted by Crippen LogP contribution is -2.24. The standard InChI is InChI=1S/C19H21N5O4/c1-19(2,3)18-22-16(28-23-18)13-8-6-5-7-12(13)15(25)20-9-11-10-21-24(4)14(11)17(26)27/h5-8,10H,9H2,1-4H3,(H,20,25)(H,26,27). The van der Waals surface area contributed by atoms with Crippen molar-refractivity contribution in [3.05, 3.63) is 53.1 Å². The molecular formula is C19H21N5O4. The Labute approximate surface area is 161 Å². The minimum atomic E-state index is -1.11. The number of hydrogen-bond acceptors (Lipinski definition) is 6. The number of hydrogen-bond donors (Lipinski definition) is 2. The number of aryl methyl sites for hydroxylation is 1. The summed E-state index contributed by atoms with van der Waals surface area (Å²) in [5, 5.41) is 19.9. The highest BCUT2D eigenvalue weighted by Gasteiger charge is 2.24. The van der Waals surface area contributed by atoms with E-state index in [0.29, 0.717) is 22.5 Å². The van der Waals surface area contributed by atoms with Gasteiger partial charge in [0.15, 0.2) is 11.5 Å². The lowest BCUT2D eigenvalue weighted by molar-refractivity contribution is 0.0682. The van der Waals surface area contributed by atoms with E-state index in [1.807, 2.05) is 20.8 Å². The van der Waals surface area contributed by atoms with Crippen LogP contribution in [0, 0.1) is 0 Å². The van der Waals surface area contributed by atoms with E-state index in [-0.39, 0.29) is 29.5 Å². The van der Waals surface area contributed by atoms with Gasteiger partial charge in [-0.2, -0.15) is 10.1 Å². The molecule has 0 bridgehead atoms. The molecule has 0 saturated carbocycles. The SMILES string of the molecule is Cn1ncc(CNC(=O)c2ccccc2-c2nc(C(C)(C)C)no2)c1C(=O)O. The van der Waals surface area contributed by atoms with Crippen LogP contribution in [0.15, 0.2) is 35.0 Å². The third-order valence-electron chi connectivity index (χ3n) is 4.16. The van der Waals surface area contributed by atoms with Gasteiger partial charge in [-0.1, -0.05) is 38.1 Å². The van der Waals surface area contributed by atoms with Gasteiger partial charge in [0.25, 0.3) is 11.8 Å². The third-order valence-corrected chi connectivity index (χ3v) is 4.16. The van der Waals surface area contributed by atoms with E-state index in [2.05, 4.69) is 20.6 Å². The highest BCUT2D eigenvalue weighted by Crippen LogP contribution is 2.26. The van der Waals surface area contributed by atoms with Gasteiger partial charge in [0.05, 0.1) is 17.3 Å². The van der Waals surface area contributed by atoms with Crippen molar-refractivity contribution >= 4 is 11.9 Å². The molecule has 146 valence electrons. The first-order valence-electron chi connectivity index (χ1n) is 8.64. The molecule has 3 rings (SSSR count). The van der Waals surface area contributed by atoms with Crippen LogP contribution in [0.4, 0.5) is 0 Å². The summed E-state index contributed by atoms with van der Waals surface area (Å²) < 4.78 is 6.61. The van der Waals surface area contributed by atoms with Crippen LogP contribution in [0.5, 0.6) is 0 Å². The largest absolute Gasteiger partial charge is 0.477 e. The molecule has 0 atom stereocenters. The van der Waals surface area contributed by atoms with Gasteiger partial charge in [0.2, 0.25) is 0 Å². The maximum Gasteiger partial charge on any atom is 0.354 e. The predicted octanol–water partition coefficient (Wildman–Crippen LogP) is 2.40. The summed E-state index contributed by atoms with van der Waals surface area (Å²) in [6.45, 7) is 5.93. The highest BCUT2D eigenvalue weighted by atomic mass is 16.5. The van der Waals surface area contributed by atoms with Crippen LogP contribution in [0.3, 0.4) is 0 Å². The van der Waals surface area contributed by atoms with E-state index < -0.39 is 5.97 Å². The predicted molar refractivity (Wildman–Crippen MR) is 99.8 cm³/mol. The average Bonchev–Trinajstić information content (AvgIpc) is 3.26. The summed E-state index contributed by atoms with van der Waals surface area (Å²) in [6.07, 6.45) is 1.42. The Morgan fingerprint density at radius 1 is 1.25 bits per heavy atom. The number of carbonyl (C=O) groups excluding carboxylic acids is 1. The van der Waals surface area contributed by atoms with E-state index in [9.17, 15) is 14.7 Å². The van der Waals surface area contributed by atoms with Crippen LogP contribution in [0.1, 0.15) is 53.0 Å². The number of carbonyl (C=O) groups is 2. The molecule has 0 aliphatic carbocycles. The van der Waals surface area contributed by atoms with Gasteiger partial charge >= 0.3 is 5.97 Å². The van der Waals surface area contributed by atoms with Crippen LogP contribution >= 0.6 is 0 Å². The van der Waals surface area contributed by atoms with Crippen LogP contribution in [0.25, 0.3) is 11.5 Å². The fraction of sp³-hybridized carbons (Fsp3) is 0.316. The van der Waals surface area contributed by atoms with Gasteiger partial charge < -0.3 is 14.9 Å². The molecule has 0 aliphatic heterocycles. The van der Waals surface area contributed by atoms with Crippen LogP contribution in [-0.2, 0) is 19.0 Å². The second kappa shape index (κ2) is 7.26. The van der Waals surface area contributed by atoms with E-state index in [4.69, 9.17) is 4.52 Å². The van der Waals surface area contributed by atoms with Crippen molar-refractivity contribution in [2.24, 2.45) is 7.05 Å². The van der Waals surface area contributed by atoms with E-state index in [1.165, 1.54) is 17.9 Å². The number of aromatic carboxylic acids is 1. The Kier molecular flexibility index (Phi) is 5.00. The second-order valence-electron chi connectivity index (χ2n) is 7.35. The Morgan fingerprint density at radius 3 is 2.61 bits per heavy atom. The summed E-state index contributed by atoms with van der Waals surface area (Å²) in [5.41, 5.74) is 1.01. The van der Waals surface area contributed by atoms with Crippen molar-refractivity contribution < 1.29 is 19.2 Å². The van der Waals surface area contributed by atoms with E-state index in [0.717, 1.165) is 0 Å². The molecule has 0 spiro atoms. The molecule has 9 heteroatoms. The zero-order valence-corrected chi connectivity index (χ0v) is 16.1. The molecule has 0 aliphatic rings. The normalized spacial score (nSPS) is 11.4. The Balaban J connectivity index is 1.84. The van der Waals surface area contributed by atoms with Crippen LogP contribution in [0.2, 0.25) is 0 Å². The Bertz CT molecular complexity index is 1030. The fourth-order valence-electron chi connectivity index (χ4n) is 2.66. The number of rotatable bonds is 5. The number of carboxylic acids is 1. The van der Waals surface area contributed by atoms with Gasteiger partial charge in [0, 0.05) is 24.6 Å². The zero-order valence-electron chi connectivity index (χ0n) is 16.1. The van der Waals surface area contributed by atoms with Gasteiger partial charge in [-0.05, 0) is 12.1 Å². The summed E-state index contributed by atoms with van der Waals surface area (Å²) >= 11 is 0. The van der Waals surface area contributed by atoms with Gasteiger partial charge in [-0.15, -0.1) is 0 Å². The first-order chi connectivity index (χ1) is 13.2. The number of nitrogens with one attached hydrogen (secondary N) is 1. The first-order valence-corrected chi connectivity index (χ1v) is 8.64. The summed E-state index contributed by atoms with van der Waals surface area (Å²) in [5.74, 6) is -0.695. The topological polar surface area (TPSA) is 123 Å². The molecule has 3 aromatic rings. The molecule has 2 N–H and O–H groups in total. The quantitative estimate of drug-likeness (QED) is 0.693. The smallest absolute Gasteiger partial charge is 0.354 e. The van der Waals surface area contributed by atoms with Crippen molar-refractivity contribution in [2.45, 2.75) is 32.7 Å². The van der Waals surface area contributed by atoms with Crippen molar-refractivity contribution in [3.8, 4) is 11.5 Å². The molecule has 2 aromatic heterocycles. The summed E-state index contributed by atoms with van der Waals surface area (Å²) in [4.78, 5) is 28.5. The van der Waals surface area contributed by atoms with Crippen molar-refractivity contribution in [1.29, 1.82) is 0 Å². The first kappa shape index (κ1) is 19.3. The van der Waals surface area contributed by atoms with E-state index in [1.54, 1.807) is 24.3 Å². The van der Waals surface area contributed by atoms with Crippen LogP contribution < -0.4 is 5.32 Å².